The molecule has 29 heavy (non-hydrogen) atoms. The summed E-state index contributed by atoms with van der Waals surface area (Å²) in [5, 5.41) is 2.96. The number of benzene rings is 2. The predicted molar refractivity (Wildman–Crippen MR) is 118 cm³/mol. The van der Waals surface area contributed by atoms with E-state index in [9.17, 15) is 13.2 Å². The molecule has 1 amide bonds. The highest BCUT2D eigenvalue weighted by Gasteiger charge is 2.18. The quantitative estimate of drug-likeness (QED) is 0.752. The first-order chi connectivity index (χ1) is 13.7. The molecule has 1 heterocycles. The van der Waals surface area contributed by atoms with Crippen LogP contribution in [0.15, 0.2) is 48.5 Å². The van der Waals surface area contributed by atoms with Crippen LogP contribution in [0.2, 0.25) is 0 Å². The molecule has 0 unspecified atom stereocenters. The first kappa shape index (κ1) is 21.2. The molecule has 2 atom stereocenters. The number of rotatable bonds is 6. The summed E-state index contributed by atoms with van der Waals surface area (Å²) in [4.78, 5) is 15.1. The third-order valence-corrected chi connectivity index (χ3v) is 5.82. The maximum atomic E-state index is 12.7. The van der Waals surface area contributed by atoms with E-state index in [4.69, 9.17) is 0 Å². The lowest BCUT2D eigenvalue weighted by Gasteiger charge is -2.33. The van der Waals surface area contributed by atoms with Gasteiger partial charge in [-0.3, -0.25) is 9.52 Å². The molecule has 0 saturated carbocycles. The number of amides is 1. The fraction of sp³-hybridized carbons (Fsp3) is 0.409. The number of para-hydroxylation sites is 1. The van der Waals surface area contributed by atoms with Gasteiger partial charge in [-0.25, -0.2) is 8.42 Å². The maximum absolute atomic E-state index is 12.7. The second-order valence-electron chi connectivity index (χ2n) is 7.90. The van der Waals surface area contributed by atoms with Crippen molar-refractivity contribution in [2.24, 2.45) is 5.92 Å². The van der Waals surface area contributed by atoms with Crippen molar-refractivity contribution in [3.05, 3.63) is 59.7 Å². The monoisotopic (exact) mass is 415 g/mol. The zero-order valence-electron chi connectivity index (χ0n) is 17.2. The second-order valence-corrected chi connectivity index (χ2v) is 9.65. The van der Waals surface area contributed by atoms with Crippen LogP contribution in [0.5, 0.6) is 0 Å². The summed E-state index contributed by atoms with van der Waals surface area (Å²) in [5.74, 6) is 0.389. The van der Waals surface area contributed by atoms with Gasteiger partial charge < -0.3 is 10.2 Å². The highest BCUT2D eigenvalue weighted by molar-refractivity contribution is 7.92. The molecule has 0 aliphatic carbocycles. The Morgan fingerprint density at radius 2 is 1.83 bits per heavy atom. The third kappa shape index (κ3) is 5.73. The lowest BCUT2D eigenvalue weighted by Crippen LogP contribution is -2.34. The number of carbonyl (C=O) groups is 1. The molecule has 2 aromatic rings. The number of sulfonamides is 1. The Balaban J connectivity index is 1.69. The molecule has 3 rings (SSSR count). The maximum Gasteiger partial charge on any atom is 0.253 e. The van der Waals surface area contributed by atoms with Gasteiger partial charge in [0.25, 0.3) is 5.91 Å². The average molecular weight is 416 g/mol. The van der Waals surface area contributed by atoms with Crippen LogP contribution in [0, 0.1) is 5.92 Å². The Kier molecular flexibility index (Phi) is 6.47. The Morgan fingerprint density at radius 3 is 2.48 bits per heavy atom. The van der Waals surface area contributed by atoms with Crippen LogP contribution < -0.4 is 14.9 Å². The van der Waals surface area contributed by atoms with Crippen molar-refractivity contribution in [2.75, 3.05) is 29.0 Å². The minimum absolute atomic E-state index is 0.205. The molecule has 1 saturated heterocycles. The van der Waals surface area contributed by atoms with Crippen molar-refractivity contribution in [2.45, 2.75) is 32.7 Å². The standard InChI is InChI=1S/C22H29N3O3S/c1-16-7-6-14-25(15-16)19-12-10-18(11-13-19)17(2)23-22(26)20-8-4-5-9-21(20)24-29(3,27)28/h4-5,8-13,16-17,24H,6-7,14-15H2,1-3H3,(H,23,26)/t16-,17+/m1/s1. The highest BCUT2D eigenvalue weighted by atomic mass is 32.2. The van der Waals surface area contributed by atoms with Gasteiger partial charge in [-0.1, -0.05) is 31.2 Å². The van der Waals surface area contributed by atoms with Gasteiger partial charge in [-0.05, 0) is 55.5 Å². The average Bonchev–Trinajstić information content (AvgIpc) is 2.67. The fourth-order valence-electron chi connectivity index (χ4n) is 3.73. The van der Waals surface area contributed by atoms with Gasteiger partial charge in [0.1, 0.15) is 0 Å². The molecule has 1 aliphatic rings. The summed E-state index contributed by atoms with van der Waals surface area (Å²) >= 11 is 0. The zero-order valence-corrected chi connectivity index (χ0v) is 18.0. The topological polar surface area (TPSA) is 78.5 Å². The van der Waals surface area contributed by atoms with Gasteiger partial charge in [-0.15, -0.1) is 0 Å². The van der Waals surface area contributed by atoms with Crippen LogP contribution in [0.4, 0.5) is 11.4 Å². The molecule has 7 heteroatoms. The second kappa shape index (κ2) is 8.86. The molecule has 2 aromatic carbocycles. The Labute approximate surface area is 173 Å². The van der Waals surface area contributed by atoms with E-state index in [1.807, 2.05) is 19.1 Å². The molecule has 0 radical (unpaired) electrons. The summed E-state index contributed by atoms with van der Waals surface area (Å²) < 4.78 is 25.5. The molecule has 2 N–H and O–H groups in total. The molecular weight excluding hydrogens is 386 g/mol. The molecule has 1 fully saturated rings. The molecule has 0 aromatic heterocycles. The smallest absolute Gasteiger partial charge is 0.253 e. The van der Waals surface area contributed by atoms with Crippen molar-refractivity contribution in [1.29, 1.82) is 0 Å². The van der Waals surface area contributed by atoms with Gasteiger partial charge in [0.2, 0.25) is 10.0 Å². The number of nitrogens with one attached hydrogen (secondary N) is 2. The summed E-state index contributed by atoms with van der Waals surface area (Å²) in [5.41, 5.74) is 2.78. The summed E-state index contributed by atoms with van der Waals surface area (Å²) in [6.45, 7) is 6.37. The number of carbonyl (C=O) groups excluding carboxylic acids is 1. The minimum atomic E-state index is -3.47. The van der Waals surface area contributed by atoms with Gasteiger partial charge >= 0.3 is 0 Å². The Hall–Kier alpha value is -2.54. The van der Waals surface area contributed by atoms with Crippen LogP contribution in [-0.2, 0) is 10.0 Å². The van der Waals surface area contributed by atoms with E-state index in [0.717, 1.165) is 24.9 Å². The van der Waals surface area contributed by atoms with Crippen molar-refractivity contribution < 1.29 is 13.2 Å². The van der Waals surface area contributed by atoms with E-state index in [-0.39, 0.29) is 17.6 Å². The van der Waals surface area contributed by atoms with E-state index in [1.54, 1.807) is 24.3 Å². The van der Waals surface area contributed by atoms with Crippen LogP contribution in [-0.4, -0.2) is 33.7 Å². The largest absolute Gasteiger partial charge is 0.371 e. The van der Waals surface area contributed by atoms with E-state index in [1.165, 1.54) is 18.5 Å². The Bertz CT molecular complexity index is 958. The van der Waals surface area contributed by atoms with Crippen molar-refractivity contribution in [3.8, 4) is 0 Å². The van der Waals surface area contributed by atoms with E-state index >= 15 is 0 Å². The molecule has 156 valence electrons. The van der Waals surface area contributed by atoms with Crippen LogP contribution in [0.25, 0.3) is 0 Å². The molecular formula is C22H29N3O3S. The van der Waals surface area contributed by atoms with Crippen LogP contribution in [0.3, 0.4) is 0 Å². The summed E-state index contributed by atoms with van der Waals surface area (Å²) in [6, 6.07) is 14.7. The summed E-state index contributed by atoms with van der Waals surface area (Å²) in [6.07, 6.45) is 3.57. The predicted octanol–water partition coefficient (Wildman–Crippen LogP) is 3.79. The van der Waals surface area contributed by atoms with Gasteiger partial charge in [0.05, 0.1) is 23.5 Å². The lowest BCUT2D eigenvalue weighted by molar-refractivity contribution is 0.0941. The minimum Gasteiger partial charge on any atom is -0.371 e. The first-order valence-corrected chi connectivity index (χ1v) is 11.8. The number of nitrogens with zero attached hydrogens (tertiary/aromatic N) is 1. The number of hydrogen-bond donors (Lipinski definition) is 2. The zero-order chi connectivity index (χ0) is 21.0. The fourth-order valence-corrected chi connectivity index (χ4v) is 4.30. The normalized spacial score (nSPS) is 18.2. The Morgan fingerprint density at radius 1 is 1.14 bits per heavy atom. The van der Waals surface area contributed by atoms with Crippen molar-refractivity contribution in [3.63, 3.8) is 0 Å². The molecule has 0 spiro atoms. The number of hydrogen-bond acceptors (Lipinski definition) is 4. The van der Waals surface area contributed by atoms with Crippen LogP contribution >= 0.6 is 0 Å². The van der Waals surface area contributed by atoms with E-state index < -0.39 is 10.0 Å². The van der Waals surface area contributed by atoms with Gasteiger partial charge in [0, 0.05) is 18.8 Å². The number of piperidine rings is 1. The summed E-state index contributed by atoms with van der Waals surface area (Å²) in [7, 11) is -3.47. The lowest BCUT2D eigenvalue weighted by atomic mass is 9.99. The highest BCUT2D eigenvalue weighted by Crippen LogP contribution is 2.25. The SMILES string of the molecule is C[C@@H]1CCCN(c2ccc([C@H](C)NC(=O)c3ccccc3NS(C)(=O)=O)cc2)C1. The molecule has 1 aliphatic heterocycles. The van der Waals surface area contributed by atoms with Crippen LogP contribution in [0.1, 0.15) is 48.7 Å². The third-order valence-electron chi connectivity index (χ3n) is 5.23. The van der Waals surface area contributed by atoms with Crippen molar-refractivity contribution in [1.82, 2.24) is 5.32 Å². The van der Waals surface area contributed by atoms with E-state index in [2.05, 4.69) is 34.0 Å². The van der Waals surface area contributed by atoms with Crippen molar-refractivity contribution >= 4 is 27.3 Å². The van der Waals surface area contributed by atoms with Gasteiger partial charge in [0.15, 0.2) is 0 Å². The molecule has 0 bridgehead atoms. The van der Waals surface area contributed by atoms with Gasteiger partial charge in [-0.2, -0.15) is 0 Å². The first-order valence-electron chi connectivity index (χ1n) is 9.95. The number of anilines is 2. The van der Waals surface area contributed by atoms with E-state index in [0.29, 0.717) is 11.5 Å². The molecule has 6 nitrogen and oxygen atoms in total.